The maximum absolute atomic E-state index is 0. The highest BCUT2D eigenvalue weighted by Gasteiger charge is -0.404. The molecule has 0 rings (SSSR count). The van der Waals surface area contributed by atoms with E-state index in [1.165, 1.54) is 0 Å². The topological polar surface area (TPSA) is 252 Å². The molecule has 0 aliphatic carbocycles. The Morgan fingerprint density at radius 2 is 0.222 bits per heavy atom. The molecule has 0 fully saturated rings. The van der Waals surface area contributed by atoms with Gasteiger partial charge in [0.2, 0.25) is 0 Å². The molecule has 0 amide bonds. The van der Waals surface area contributed by atoms with Gasteiger partial charge in [0.25, 0.3) is 0 Å². The van der Waals surface area contributed by atoms with E-state index < -0.39 is 0 Å². The Morgan fingerprint density at radius 3 is 0.222 bits per heavy atom. The number of hydrogen-bond acceptors (Lipinski definition) is 0. The lowest BCUT2D eigenvalue weighted by Gasteiger charge is -1.00. The van der Waals surface area contributed by atoms with Crippen LogP contribution in [0.1, 0.15) is 0 Å². The highest BCUT2D eigenvalue weighted by Crippen LogP contribution is -0.282. The molecule has 0 aromatic rings. The molecule has 0 saturated heterocycles. The third-order valence-electron chi connectivity index (χ3n) is 0. The van der Waals surface area contributed by atoms with Crippen molar-refractivity contribution < 1.29 is 56.2 Å². The Bertz CT molecular complexity index is 4.53. The first-order valence-corrected chi connectivity index (χ1v) is 0. The second kappa shape index (κ2) is 430000. The van der Waals surface area contributed by atoms with Crippen molar-refractivity contribution in [3.8, 4) is 0 Å². The molecule has 0 aromatic carbocycles. The summed E-state index contributed by atoms with van der Waals surface area (Å²) in [5.74, 6) is 0. The van der Waals surface area contributed by atoms with Gasteiger partial charge in [0.15, 0.2) is 0 Å². The molecular formula is H16ClO8-. The Labute approximate surface area is 57.4 Å². The van der Waals surface area contributed by atoms with Crippen LogP contribution >= 0.6 is 0 Å². The van der Waals surface area contributed by atoms with E-state index in [9.17, 15) is 0 Å². The number of rotatable bonds is 0. The summed E-state index contributed by atoms with van der Waals surface area (Å²) in [4.78, 5) is 0. The highest BCUT2D eigenvalue weighted by atomic mass is 35.5. The van der Waals surface area contributed by atoms with Crippen LogP contribution in [-0.2, 0) is 0 Å². The molecule has 0 aliphatic rings. The molecule has 9 heavy (non-hydrogen) atoms. The van der Waals surface area contributed by atoms with Crippen molar-refractivity contribution in [2.75, 3.05) is 0 Å². The Hall–Kier alpha value is -0.0300. The smallest absolute Gasteiger partial charge is 0.412 e. The summed E-state index contributed by atoms with van der Waals surface area (Å²) in [5, 5.41) is 0. The minimum Gasteiger partial charge on any atom is -1.00 e. The summed E-state index contributed by atoms with van der Waals surface area (Å²) in [6.45, 7) is 0. The van der Waals surface area contributed by atoms with Crippen molar-refractivity contribution >= 4 is 0 Å². The van der Waals surface area contributed by atoms with Gasteiger partial charge in [-0.2, -0.15) is 0 Å². The second-order valence-electron chi connectivity index (χ2n) is 0. The van der Waals surface area contributed by atoms with Crippen molar-refractivity contribution in [3.05, 3.63) is 0 Å². The van der Waals surface area contributed by atoms with Gasteiger partial charge < -0.3 is 56.2 Å². The van der Waals surface area contributed by atoms with Crippen molar-refractivity contribution in [1.82, 2.24) is 0 Å². The fraction of sp³-hybridized carbons (Fsp3) is 0. The third-order valence-corrected chi connectivity index (χ3v) is 0. The lowest BCUT2D eigenvalue weighted by atomic mass is 16.0. The maximum atomic E-state index is 0. The van der Waals surface area contributed by atoms with Crippen LogP contribution in [0.3, 0.4) is 0 Å². The molecule has 0 aliphatic heterocycles. The van der Waals surface area contributed by atoms with Gasteiger partial charge in [0.1, 0.15) is 0 Å². The SMILES string of the molecule is O.O.O.O.O.O.O.O.[Cl-]. The van der Waals surface area contributed by atoms with Crippen molar-refractivity contribution in [2.45, 2.75) is 0 Å². The monoisotopic (exact) mass is 179 g/mol. The minimum atomic E-state index is 0. The van der Waals surface area contributed by atoms with Gasteiger partial charge >= 0.3 is 0 Å². The molecule has 72 valence electrons. The van der Waals surface area contributed by atoms with E-state index in [2.05, 4.69) is 0 Å². The lowest BCUT2D eigenvalue weighted by molar-refractivity contribution is -0.00000963. The maximum Gasteiger partial charge on any atom is -0.412 e. The van der Waals surface area contributed by atoms with Gasteiger partial charge in [-0.25, -0.2) is 0 Å². The molecule has 16 N–H and O–H groups in total. The van der Waals surface area contributed by atoms with E-state index in [4.69, 9.17) is 0 Å². The van der Waals surface area contributed by atoms with E-state index in [0.29, 0.717) is 0 Å². The molecule has 0 atom stereocenters. The molecule has 8 nitrogen and oxygen atoms in total. The van der Waals surface area contributed by atoms with Crippen molar-refractivity contribution in [1.29, 1.82) is 0 Å². The predicted octanol–water partition coefficient (Wildman–Crippen LogP) is -9.59. The van der Waals surface area contributed by atoms with Crippen LogP contribution in [0.15, 0.2) is 0 Å². The summed E-state index contributed by atoms with van der Waals surface area (Å²) in [6.07, 6.45) is 0. The zero-order valence-corrected chi connectivity index (χ0v) is 5.13. The van der Waals surface area contributed by atoms with Crippen LogP contribution < -0.4 is 12.4 Å². The van der Waals surface area contributed by atoms with Crippen LogP contribution in [-0.4, -0.2) is 43.8 Å². The molecule has 0 bridgehead atoms. The van der Waals surface area contributed by atoms with Crippen molar-refractivity contribution in [3.63, 3.8) is 0 Å². The third kappa shape index (κ3) is 316000. The van der Waals surface area contributed by atoms with Gasteiger partial charge in [-0.1, -0.05) is 0 Å². The Morgan fingerprint density at radius 1 is 0.222 bits per heavy atom. The normalized spacial score (nSPS) is 0. The van der Waals surface area contributed by atoms with Gasteiger partial charge in [0, 0.05) is 0 Å². The van der Waals surface area contributed by atoms with Gasteiger partial charge in [0.05, 0.1) is 0 Å². The predicted molar refractivity (Wildman–Crippen MR) is 28.9 cm³/mol. The van der Waals surface area contributed by atoms with E-state index in [1.807, 2.05) is 0 Å². The lowest BCUT2D eigenvalue weighted by Crippen LogP contribution is -3.00. The van der Waals surface area contributed by atoms with Gasteiger partial charge in [-0.3, -0.25) is 0 Å². The molecule has 0 radical (unpaired) electrons. The van der Waals surface area contributed by atoms with Gasteiger partial charge in [-0.05, 0) is 0 Å². The molecule has 0 spiro atoms. The van der Waals surface area contributed by atoms with Crippen LogP contribution in [0, 0.1) is 0 Å². The molecular weight excluding hydrogens is 163 g/mol. The van der Waals surface area contributed by atoms with Crippen LogP contribution in [0.2, 0.25) is 0 Å². The van der Waals surface area contributed by atoms with Crippen LogP contribution in [0.4, 0.5) is 0 Å². The molecule has 0 unspecified atom stereocenters. The van der Waals surface area contributed by atoms with E-state index >= 15 is 0 Å². The summed E-state index contributed by atoms with van der Waals surface area (Å²) in [6, 6.07) is 0. The summed E-state index contributed by atoms with van der Waals surface area (Å²) in [5.41, 5.74) is 0. The van der Waals surface area contributed by atoms with Crippen LogP contribution in [0.25, 0.3) is 0 Å². The summed E-state index contributed by atoms with van der Waals surface area (Å²) < 4.78 is 0. The fourth-order valence-corrected chi connectivity index (χ4v) is 0. The van der Waals surface area contributed by atoms with E-state index in [1.54, 1.807) is 0 Å². The zero-order chi connectivity index (χ0) is 0. The Kier molecular flexibility index (Phi) is 30300000000. The molecule has 0 heterocycles. The number of halogens is 1. The van der Waals surface area contributed by atoms with Crippen LogP contribution in [0.5, 0.6) is 0 Å². The van der Waals surface area contributed by atoms with Crippen molar-refractivity contribution in [2.24, 2.45) is 0 Å². The largest absolute Gasteiger partial charge is 1.00 e. The molecule has 0 saturated carbocycles. The Balaban J connectivity index is 0. The minimum absolute atomic E-state index is 0. The highest BCUT2D eigenvalue weighted by molar-refractivity contribution is 0.831. The fourth-order valence-electron chi connectivity index (χ4n) is 0. The van der Waals surface area contributed by atoms with E-state index in [0.717, 1.165) is 0 Å². The molecule has 0 aromatic heterocycles. The first kappa shape index (κ1) is 633000. The summed E-state index contributed by atoms with van der Waals surface area (Å²) in [7, 11) is 0. The van der Waals surface area contributed by atoms with Gasteiger partial charge in [-0.15, -0.1) is 0 Å². The standard InChI is InChI=1S/ClH.8H2O/h1H;8*1H2/p-1. The second-order valence-corrected chi connectivity index (χ2v) is 0. The average molecular weight is 180 g/mol. The average Bonchev–Trinajstić information content (AvgIpc) is 0. The number of hydrogen-bond donors (Lipinski definition) is 0. The quantitative estimate of drug-likeness (QED) is 0.335. The summed E-state index contributed by atoms with van der Waals surface area (Å²) >= 11 is 0. The molecule has 9 heteroatoms. The first-order valence-electron chi connectivity index (χ1n) is 0. The van der Waals surface area contributed by atoms with E-state index in [-0.39, 0.29) is 56.2 Å². The zero-order valence-electron chi connectivity index (χ0n) is 4.38. The first-order chi connectivity index (χ1) is 0.